The van der Waals surface area contributed by atoms with Crippen LogP contribution in [0.25, 0.3) is 5.57 Å². The molecule has 0 atom stereocenters. The summed E-state index contributed by atoms with van der Waals surface area (Å²) in [6.45, 7) is 2.93. The molecule has 0 aromatic heterocycles. The van der Waals surface area contributed by atoms with Crippen LogP contribution < -0.4 is 0 Å². The van der Waals surface area contributed by atoms with Crippen LogP contribution in [0, 0.1) is 18.2 Å². The minimum Gasteiger partial charge on any atom is -0.386 e. The molecule has 17 heavy (non-hydrogen) atoms. The molecule has 0 aliphatic rings. The molecule has 1 N–H and O–H groups in total. The summed E-state index contributed by atoms with van der Waals surface area (Å²) in [6.07, 6.45) is 6.04. The average molecular weight is 232 g/mol. The Labute approximate surface area is 99.8 Å². The fraction of sp³-hybridized carbons (Fsp3) is 0.214. The highest BCUT2D eigenvalue weighted by Crippen LogP contribution is 2.28. The van der Waals surface area contributed by atoms with Crippen LogP contribution in [0.5, 0.6) is 0 Å². The van der Waals surface area contributed by atoms with Gasteiger partial charge in [-0.25, -0.2) is 4.39 Å². The summed E-state index contributed by atoms with van der Waals surface area (Å²) in [4.78, 5) is 11.2. The molecule has 1 aromatic rings. The van der Waals surface area contributed by atoms with Gasteiger partial charge >= 0.3 is 0 Å². The van der Waals surface area contributed by atoms with Crippen LogP contribution in [-0.4, -0.2) is 16.5 Å². The molecule has 0 fully saturated rings. The van der Waals surface area contributed by atoms with Gasteiger partial charge in [0.05, 0.1) is 5.60 Å². The SMILES string of the molecule is C#CC(=O)/C=C(/c1ccccc1F)C(C)(C)O. The summed E-state index contributed by atoms with van der Waals surface area (Å²) in [7, 11) is 0. The van der Waals surface area contributed by atoms with Crippen molar-refractivity contribution in [1.82, 2.24) is 0 Å². The van der Waals surface area contributed by atoms with Crippen molar-refractivity contribution >= 4 is 11.4 Å². The van der Waals surface area contributed by atoms with E-state index in [1.165, 1.54) is 32.0 Å². The molecule has 0 saturated heterocycles. The predicted octanol–water partition coefficient (Wildman–Crippen LogP) is 2.18. The number of rotatable bonds is 3. The number of ketones is 1. The third kappa shape index (κ3) is 3.27. The zero-order valence-corrected chi connectivity index (χ0v) is 9.70. The van der Waals surface area contributed by atoms with Crippen LogP contribution in [0.3, 0.4) is 0 Å². The van der Waals surface area contributed by atoms with Gasteiger partial charge in [0.2, 0.25) is 5.78 Å². The fourth-order valence-electron chi connectivity index (χ4n) is 1.44. The van der Waals surface area contributed by atoms with Gasteiger partial charge in [0, 0.05) is 11.6 Å². The first-order valence-electron chi connectivity index (χ1n) is 5.06. The Kier molecular flexibility index (Phi) is 3.82. The van der Waals surface area contributed by atoms with Crippen molar-refractivity contribution < 1.29 is 14.3 Å². The van der Waals surface area contributed by atoms with Crippen molar-refractivity contribution in [2.24, 2.45) is 0 Å². The maximum Gasteiger partial charge on any atom is 0.228 e. The first-order valence-corrected chi connectivity index (χ1v) is 5.06. The van der Waals surface area contributed by atoms with Crippen LogP contribution in [0.2, 0.25) is 0 Å². The number of halogens is 1. The first-order chi connectivity index (χ1) is 7.86. The lowest BCUT2D eigenvalue weighted by Gasteiger charge is -2.22. The van der Waals surface area contributed by atoms with Gasteiger partial charge in [-0.2, -0.15) is 0 Å². The zero-order valence-electron chi connectivity index (χ0n) is 9.70. The summed E-state index contributed by atoms with van der Waals surface area (Å²) in [5, 5.41) is 9.94. The Hall–Kier alpha value is -1.92. The van der Waals surface area contributed by atoms with E-state index in [9.17, 15) is 14.3 Å². The van der Waals surface area contributed by atoms with Gasteiger partial charge in [-0.05, 0) is 31.4 Å². The monoisotopic (exact) mass is 232 g/mol. The number of benzene rings is 1. The Morgan fingerprint density at radius 3 is 2.53 bits per heavy atom. The summed E-state index contributed by atoms with van der Waals surface area (Å²) < 4.78 is 13.6. The molecule has 0 heterocycles. The van der Waals surface area contributed by atoms with Gasteiger partial charge in [-0.3, -0.25) is 4.79 Å². The normalized spacial score (nSPS) is 12.1. The third-order valence-corrected chi connectivity index (χ3v) is 2.24. The lowest BCUT2D eigenvalue weighted by atomic mass is 9.90. The van der Waals surface area contributed by atoms with E-state index in [0.29, 0.717) is 0 Å². The largest absolute Gasteiger partial charge is 0.386 e. The number of terminal acetylenes is 1. The molecule has 0 saturated carbocycles. The van der Waals surface area contributed by atoms with E-state index in [1.54, 1.807) is 6.07 Å². The third-order valence-electron chi connectivity index (χ3n) is 2.24. The maximum absolute atomic E-state index is 13.6. The highest BCUT2D eigenvalue weighted by Gasteiger charge is 2.23. The Bertz CT molecular complexity index is 502. The fourth-order valence-corrected chi connectivity index (χ4v) is 1.44. The van der Waals surface area contributed by atoms with Crippen molar-refractivity contribution in [2.75, 3.05) is 0 Å². The quantitative estimate of drug-likeness (QED) is 0.492. The van der Waals surface area contributed by atoms with E-state index in [4.69, 9.17) is 6.42 Å². The number of hydrogen-bond donors (Lipinski definition) is 1. The molecular formula is C14H13FO2. The number of hydrogen-bond acceptors (Lipinski definition) is 2. The molecule has 1 rings (SSSR count). The minimum absolute atomic E-state index is 0.165. The average Bonchev–Trinajstić information content (AvgIpc) is 2.25. The minimum atomic E-state index is -1.35. The topological polar surface area (TPSA) is 37.3 Å². The molecule has 0 amide bonds. The van der Waals surface area contributed by atoms with E-state index in [0.717, 1.165) is 6.08 Å². The molecule has 0 spiro atoms. The summed E-state index contributed by atoms with van der Waals surface area (Å²) in [5.41, 5.74) is -1.02. The van der Waals surface area contributed by atoms with Crippen LogP contribution in [0.15, 0.2) is 30.3 Å². The highest BCUT2D eigenvalue weighted by molar-refractivity contribution is 6.08. The molecule has 1 aromatic carbocycles. The van der Waals surface area contributed by atoms with E-state index < -0.39 is 17.2 Å². The van der Waals surface area contributed by atoms with Crippen molar-refractivity contribution in [3.05, 3.63) is 41.7 Å². The first kappa shape index (κ1) is 13.1. The van der Waals surface area contributed by atoms with E-state index in [2.05, 4.69) is 0 Å². The lowest BCUT2D eigenvalue weighted by molar-refractivity contribution is -0.109. The second-order valence-electron chi connectivity index (χ2n) is 4.11. The van der Waals surface area contributed by atoms with Crippen molar-refractivity contribution in [1.29, 1.82) is 0 Å². The maximum atomic E-state index is 13.6. The lowest BCUT2D eigenvalue weighted by Crippen LogP contribution is -2.22. The van der Waals surface area contributed by atoms with Crippen LogP contribution in [-0.2, 0) is 4.79 Å². The Morgan fingerprint density at radius 1 is 1.47 bits per heavy atom. The van der Waals surface area contributed by atoms with Gasteiger partial charge in [0.1, 0.15) is 5.82 Å². The van der Waals surface area contributed by atoms with Crippen molar-refractivity contribution in [3.63, 3.8) is 0 Å². The predicted molar refractivity (Wildman–Crippen MR) is 64.5 cm³/mol. The summed E-state index contributed by atoms with van der Waals surface area (Å²) in [5.74, 6) is 0.793. The number of aliphatic hydroxyl groups is 1. The van der Waals surface area contributed by atoms with E-state index in [1.807, 2.05) is 5.92 Å². The zero-order chi connectivity index (χ0) is 13.1. The molecule has 88 valence electrons. The summed E-state index contributed by atoms with van der Waals surface area (Å²) >= 11 is 0. The second-order valence-corrected chi connectivity index (χ2v) is 4.11. The molecule has 0 unspecified atom stereocenters. The molecule has 3 heteroatoms. The van der Waals surface area contributed by atoms with Crippen molar-refractivity contribution in [2.45, 2.75) is 19.4 Å². The van der Waals surface area contributed by atoms with Crippen LogP contribution in [0.1, 0.15) is 19.4 Å². The van der Waals surface area contributed by atoms with E-state index in [-0.39, 0.29) is 11.1 Å². The van der Waals surface area contributed by atoms with Gasteiger partial charge in [-0.15, -0.1) is 6.42 Å². The van der Waals surface area contributed by atoms with Gasteiger partial charge in [0.25, 0.3) is 0 Å². The molecule has 0 bridgehead atoms. The number of carbonyl (C=O) groups excluding carboxylic acids is 1. The smallest absolute Gasteiger partial charge is 0.228 e. The molecule has 2 nitrogen and oxygen atoms in total. The van der Waals surface area contributed by atoms with Gasteiger partial charge < -0.3 is 5.11 Å². The number of allylic oxidation sites excluding steroid dienone is 1. The highest BCUT2D eigenvalue weighted by atomic mass is 19.1. The van der Waals surface area contributed by atoms with Crippen LogP contribution >= 0.6 is 0 Å². The Morgan fingerprint density at radius 2 is 2.06 bits per heavy atom. The molecule has 0 radical (unpaired) electrons. The van der Waals surface area contributed by atoms with Crippen LogP contribution in [0.4, 0.5) is 4.39 Å². The molecular weight excluding hydrogens is 219 g/mol. The standard InChI is InChI=1S/C14H13FO2/c1-4-10(16)9-12(14(2,3)17)11-7-5-6-8-13(11)15/h1,5-9,17H,2-3H3/b12-9-. The molecule has 0 aliphatic carbocycles. The summed E-state index contributed by atoms with van der Waals surface area (Å²) in [6, 6.07) is 5.90. The second kappa shape index (κ2) is 4.94. The van der Waals surface area contributed by atoms with Gasteiger partial charge in [0.15, 0.2) is 0 Å². The Balaban J connectivity index is 3.38. The molecule has 0 aliphatic heterocycles. The van der Waals surface area contributed by atoms with E-state index >= 15 is 0 Å². The number of carbonyl (C=O) groups is 1. The van der Waals surface area contributed by atoms with Gasteiger partial charge in [-0.1, -0.05) is 18.2 Å². The van der Waals surface area contributed by atoms with Crippen molar-refractivity contribution in [3.8, 4) is 12.3 Å².